The molecule has 1 saturated heterocycles. The van der Waals surface area contributed by atoms with Crippen LogP contribution in [0.25, 0.3) is 0 Å². The zero-order valence-corrected chi connectivity index (χ0v) is 12.2. The molecule has 4 aliphatic rings. The van der Waals surface area contributed by atoms with Gasteiger partial charge in [0.2, 0.25) is 0 Å². The number of allylic oxidation sites excluding steroid dienone is 1. The summed E-state index contributed by atoms with van der Waals surface area (Å²) in [4.78, 5) is 11.4. The molecule has 4 rings (SSSR count). The van der Waals surface area contributed by atoms with Crippen LogP contribution in [0.15, 0.2) is 12.2 Å². The van der Waals surface area contributed by atoms with Crippen molar-refractivity contribution >= 4 is 5.97 Å². The van der Waals surface area contributed by atoms with Crippen LogP contribution in [0.5, 0.6) is 0 Å². The molecule has 0 spiro atoms. The largest absolute Gasteiger partial charge is 0.481 e. The van der Waals surface area contributed by atoms with Crippen molar-refractivity contribution in [2.45, 2.75) is 57.7 Å². The van der Waals surface area contributed by atoms with E-state index in [1.165, 1.54) is 0 Å². The molecule has 1 heterocycles. The van der Waals surface area contributed by atoms with E-state index in [4.69, 9.17) is 9.47 Å². The molecule has 4 heteroatoms. The Morgan fingerprint density at radius 1 is 1.10 bits per heavy atom. The maximum absolute atomic E-state index is 11.4. The summed E-state index contributed by atoms with van der Waals surface area (Å²) in [6.45, 7) is 3.34. The van der Waals surface area contributed by atoms with E-state index in [0.29, 0.717) is 13.2 Å². The second-order valence-corrected chi connectivity index (χ2v) is 6.89. The lowest BCUT2D eigenvalue weighted by molar-refractivity contribution is -0.157. The second-order valence-electron chi connectivity index (χ2n) is 6.89. The van der Waals surface area contributed by atoms with Gasteiger partial charge < -0.3 is 14.6 Å². The van der Waals surface area contributed by atoms with Crippen LogP contribution in [0.2, 0.25) is 0 Å². The van der Waals surface area contributed by atoms with E-state index in [1.54, 1.807) is 0 Å². The second kappa shape index (κ2) is 4.85. The first-order valence-corrected chi connectivity index (χ1v) is 7.67. The number of carboxylic acids is 1. The van der Waals surface area contributed by atoms with Crippen molar-refractivity contribution in [3.8, 4) is 0 Å². The summed E-state index contributed by atoms with van der Waals surface area (Å²) in [5.41, 5.74) is -0.189. The summed E-state index contributed by atoms with van der Waals surface area (Å²) in [6.07, 6.45) is 10.8. The first kappa shape index (κ1) is 14.1. The van der Waals surface area contributed by atoms with E-state index >= 15 is 0 Å². The van der Waals surface area contributed by atoms with E-state index < -0.39 is 17.2 Å². The topological polar surface area (TPSA) is 55.8 Å². The standard InChI is InChI=1S/C16H24O4/c1-14(19-11-12-20-14)3-2-4-15-5-8-16(9-6-15,10-7-15)13(17)18/h2,4H,3,5-12H2,1H3,(H,17,18). The first-order valence-electron chi connectivity index (χ1n) is 7.67. The Bertz CT molecular complexity index is 396. The third kappa shape index (κ3) is 2.40. The van der Waals surface area contributed by atoms with Gasteiger partial charge in [-0.05, 0) is 50.9 Å². The summed E-state index contributed by atoms with van der Waals surface area (Å²) < 4.78 is 11.2. The third-order valence-electron chi connectivity index (χ3n) is 5.62. The van der Waals surface area contributed by atoms with Crippen LogP contribution >= 0.6 is 0 Å². The molecule has 0 aromatic rings. The molecule has 1 N–H and O–H groups in total. The summed E-state index contributed by atoms with van der Waals surface area (Å²) in [7, 11) is 0. The van der Waals surface area contributed by atoms with Crippen molar-refractivity contribution in [3.63, 3.8) is 0 Å². The van der Waals surface area contributed by atoms with E-state index in [1.807, 2.05) is 6.92 Å². The zero-order valence-electron chi connectivity index (χ0n) is 12.2. The molecule has 0 radical (unpaired) electrons. The van der Waals surface area contributed by atoms with Gasteiger partial charge in [0.15, 0.2) is 5.79 Å². The van der Waals surface area contributed by atoms with Gasteiger partial charge in [-0.2, -0.15) is 0 Å². The molecule has 3 aliphatic carbocycles. The van der Waals surface area contributed by atoms with Crippen LogP contribution in [0.3, 0.4) is 0 Å². The Morgan fingerprint density at radius 2 is 1.65 bits per heavy atom. The van der Waals surface area contributed by atoms with Gasteiger partial charge in [0.25, 0.3) is 0 Å². The first-order chi connectivity index (χ1) is 9.48. The van der Waals surface area contributed by atoms with Crippen LogP contribution in [0.4, 0.5) is 0 Å². The van der Waals surface area contributed by atoms with E-state index in [2.05, 4.69) is 12.2 Å². The molecule has 112 valence electrons. The number of rotatable bonds is 4. The van der Waals surface area contributed by atoms with Gasteiger partial charge >= 0.3 is 5.97 Å². The summed E-state index contributed by atoms with van der Waals surface area (Å²) >= 11 is 0. The lowest BCUT2D eigenvalue weighted by Crippen LogP contribution is -2.45. The minimum Gasteiger partial charge on any atom is -0.481 e. The Labute approximate surface area is 120 Å². The Balaban J connectivity index is 1.60. The molecule has 0 unspecified atom stereocenters. The number of hydrogen-bond donors (Lipinski definition) is 1. The quantitative estimate of drug-likeness (QED) is 0.804. The van der Waals surface area contributed by atoms with Gasteiger partial charge in [-0.15, -0.1) is 0 Å². The smallest absolute Gasteiger partial charge is 0.309 e. The van der Waals surface area contributed by atoms with Crippen LogP contribution < -0.4 is 0 Å². The minimum absolute atomic E-state index is 0.228. The number of carbonyl (C=O) groups is 1. The van der Waals surface area contributed by atoms with Gasteiger partial charge in [0, 0.05) is 6.42 Å². The predicted molar refractivity (Wildman–Crippen MR) is 74.3 cm³/mol. The van der Waals surface area contributed by atoms with E-state index in [0.717, 1.165) is 44.9 Å². The fourth-order valence-corrected chi connectivity index (χ4v) is 3.98. The van der Waals surface area contributed by atoms with Crippen LogP contribution in [-0.4, -0.2) is 30.1 Å². The molecule has 0 amide bonds. The predicted octanol–water partition coefficient (Wildman–Crippen LogP) is 3.12. The molecular formula is C16H24O4. The van der Waals surface area contributed by atoms with Gasteiger partial charge in [-0.3, -0.25) is 4.79 Å². The Morgan fingerprint density at radius 3 is 2.15 bits per heavy atom. The number of ether oxygens (including phenoxy) is 2. The molecule has 3 saturated carbocycles. The highest BCUT2D eigenvalue weighted by Gasteiger charge is 2.51. The van der Waals surface area contributed by atoms with Crippen LogP contribution in [0, 0.1) is 10.8 Å². The fourth-order valence-electron chi connectivity index (χ4n) is 3.98. The van der Waals surface area contributed by atoms with E-state index in [-0.39, 0.29) is 5.41 Å². The molecule has 0 aromatic heterocycles. The van der Waals surface area contributed by atoms with Crippen molar-refractivity contribution in [1.29, 1.82) is 0 Å². The SMILES string of the molecule is CC1(CC=CC23CCC(C(=O)O)(CC2)CC3)OCCO1. The van der Waals surface area contributed by atoms with Gasteiger partial charge in [0.1, 0.15) is 0 Å². The molecule has 0 aromatic carbocycles. The number of carboxylic acid groups (broad SMARTS) is 1. The van der Waals surface area contributed by atoms with Gasteiger partial charge in [-0.25, -0.2) is 0 Å². The lowest BCUT2D eigenvalue weighted by atomic mass is 9.53. The van der Waals surface area contributed by atoms with Crippen LogP contribution in [0.1, 0.15) is 51.9 Å². The number of fused-ring (bicyclic) bond motifs is 3. The molecular weight excluding hydrogens is 256 g/mol. The average Bonchev–Trinajstić information content (AvgIpc) is 2.87. The summed E-state index contributed by atoms with van der Waals surface area (Å²) in [6, 6.07) is 0. The average molecular weight is 280 g/mol. The highest BCUT2D eigenvalue weighted by molar-refractivity contribution is 5.75. The normalized spacial score (nSPS) is 39.5. The lowest BCUT2D eigenvalue weighted by Gasteiger charge is -2.50. The molecule has 1 aliphatic heterocycles. The zero-order chi connectivity index (χ0) is 14.3. The van der Waals surface area contributed by atoms with Crippen molar-refractivity contribution in [2.24, 2.45) is 10.8 Å². The number of hydrogen-bond acceptors (Lipinski definition) is 3. The van der Waals surface area contributed by atoms with Crippen molar-refractivity contribution < 1.29 is 19.4 Å². The molecule has 0 atom stereocenters. The monoisotopic (exact) mass is 280 g/mol. The third-order valence-corrected chi connectivity index (χ3v) is 5.62. The number of aliphatic carboxylic acids is 1. The highest BCUT2D eigenvalue weighted by atomic mass is 16.7. The fraction of sp³-hybridized carbons (Fsp3) is 0.812. The summed E-state index contributed by atoms with van der Waals surface area (Å²) in [5, 5.41) is 9.40. The van der Waals surface area contributed by atoms with Gasteiger partial charge in [-0.1, -0.05) is 12.2 Å². The van der Waals surface area contributed by atoms with Gasteiger partial charge in [0.05, 0.1) is 18.6 Å². The van der Waals surface area contributed by atoms with Crippen molar-refractivity contribution in [1.82, 2.24) is 0 Å². The molecule has 20 heavy (non-hydrogen) atoms. The Hall–Kier alpha value is -0.870. The van der Waals surface area contributed by atoms with Crippen molar-refractivity contribution in [2.75, 3.05) is 13.2 Å². The van der Waals surface area contributed by atoms with Crippen LogP contribution in [-0.2, 0) is 14.3 Å². The maximum atomic E-state index is 11.4. The highest BCUT2D eigenvalue weighted by Crippen LogP contribution is 2.57. The summed E-state index contributed by atoms with van der Waals surface area (Å²) in [5.74, 6) is -1.04. The minimum atomic E-state index is -0.588. The van der Waals surface area contributed by atoms with Crippen molar-refractivity contribution in [3.05, 3.63) is 12.2 Å². The molecule has 4 fully saturated rings. The Kier molecular flexibility index (Phi) is 3.41. The molecule has 4 nitrogen and oxygen atoms in total. The molecule has 2 bridgehead atoms. The van der Waals surface area contributed by atoms with E-state index in [9.17, 15) is 9.90 Å². The maximum Gasteiger partial charge on any atom is 0.309 e.